The first-order valence-corrected chi connectivity index (χ1v) is 6.35. The second-order valence-electron chi connectivity index (χ2n) is 4.40. The van der Waals surface area contributed by atoms with Gasteiger partial charge in [-0.25, -0.2) is 0 Å². The van der Waals surface area contributed by atoms with Crippen LogP contribution >= 0.6 is 0 Å². The minimum absolute atomic E-state index is 0.0950. The number of hydrogen-bond donors (Lipinski definition) is 0. The highest BCUT2D eigenvalue weighted by atomic mass is 16.5. The summed E-state index contributed by atoms with van der Waals surface area (Å²) in [5, 5.41) is 0. The predicted molar refractivity (Wildman–Crippen MR) is 73.2 cm³/mol. The van der Waals surface area contributed by atoms with Crippen molar-refractivity contribution in [1.29, 1.82) is 0 Å². The van der Waals surface area contributed by atoms with Gasteiger partial charge in [0, 0.05) is 0 Å². The van der Waals surface area contributed by atoms with Crippen molar-refractivity contribution in [3.8, 4) is 0 Å². The summed E-state index contributed by atoms with van der Waals surface area (Å²) in [5.41, 5.74) is 0.620. The van der Waals surface area contributed by atoms with Crippen LogP contribution in [0.2, 0.25) is 0 Å². The van der Waals surface area contributed by atoms with Crippen molar-refractivity contribution in [2.24, 2.45) is 5.41 Å². The average Bonchev–Trinajstić information content (AvgIpc) is 2.35. The summed E-state index contributed by atoms with van der Waals surface area (Å²) in [6.07, 6.45) is 5.21. The van der Waals surface area contributed by atoms with Crippen LogP contribution in [-0.4, -0.2) is 18.7 Å². The van der Waals surface area contributed by atoms with Gasteiger partial charge < -0.3 is 4.74 Å². The maximum absolute atomic E-state index is 12.0. The molecule has 1 atom stereocenters. The van der Waals surface area contributed by atoms with Gasteiger partial charge in [0.05, 0.1) is 12.0 Å². The number of carbonyl (C=O) groups excluding carboxylic acids is 3. The Kier molecular flexibility index (Phi) is 11.8. The molecule has 108 valence electrons. The third-order valence-electron chi connectivity index (χ3n) is 2.85. The van der Waals surface area contributed by atoms with E-state index in [4.69, 9.17) is 14.3 Å². The maximum atomic E-state index is 12.0. The van der Waals surface area contributed by atoms with Gasteiger partial charge in [0.2, 0.25) is 0 Å². The number of rotatable bonds is 8. The summed E-state index contributed by atoms with van der Waals surface area (Å²) >= 11 is 0. The quantitative estimate of drug-likeness (QED) is 0.500. The van der Waals surface area contributed by atoms with E-state index in [-0.39, 0.29) is 12.1 Å². The molecule has 0 rings (SSSR count). The number of esters is 1. The zero-order valence-corrected chi connectivity index (χ0v) is 12.2. The fraction of sp³-hybridized carbons (Fsp3) is 0.600. The van der Waals surface area contributed by atoms with Crippen LogP contribution in [0.15, 0.2) is 24.8 Å². The van der Waals surface area contributed by atoms with Crippen LogP contribution < -0.4 is 0 Å². The first-order chi connectivity index (χ1) is 8.93. The molecule has 0 saturated heterocycles. The Balaban J connectivity index is 0. The number of carbonyl (C=O) groups is 1. The lowest BCUT2D eigenvalue weighted by Crippen LogP contribution is -2.32. The fourth-order valence-electron chi connectivity index (χ4n) is 1.95. The summed E-state index contributed by atoms with van der Waals surface area (Å²) in [7, 11) is 0. The predicted octanol–water partition coefficient (Wildman–Crippen LogP) is 3.29. The number of ether oxygens (including phenoxy) is 1. The molecular weight excluding hydrogens is 244 g/mol. The number of allylic oxidation sites excluding steroid dienone is 2. The first-order valence-electron chi connectivity index (χ1n) is 6.35. The molecule has 19 heavy (non-hydrogen) atoms. The third kappa shape index (κ3) is 8.11. The highest BCUT2D eigenvalue weighted by molar-refractivity contribution is 5.77. The molecule has 4 heteroatoms. The molecule has 0 aromatic carbocycles. The van der Waals surface area contributed by atoms with E-state index in [1.54, 1.807) is 0 Å². The molecular formula is C15H24O4. The normalized spacial score (nSPS) is 12.2. The molecule has 0 bridgehead atoms. The van der Waals surface area contributed by atoms with Crippen LogP contribution in [0.4, 0.5) is 0 Å². The minimum Gasteiger partial charge on any atom is -0.466 e. The van der Waals surface area contributed by atoms with Gasteiger partial charge in [-0.15, -0.1) is 13.2 Å². The minimum atomic E-state index is -0.407. The molecule has 0 heterocycles. The first kappa shape index (κ1) is 19.7. The van der Waals surface area contributed by atoms with Crippen molar-refractivity contribution in [1.82, 2.24) is 0 Å². The zero-order chi connectivity index (χ0) is 15.3. The van der Waals surface area contributed by atoms with Crippen molar-refractivity contribution in [2.45, 2.75) is 46.5 Å². The highest BCUT2D eigenvalue weighted by Crippen LogP contribution is 2.36. The second kappa shape index (κ2) is 11.4. The van der Waals surface area contributed by atoms with Gasteiger partial charge in [-0.1, -0.05) is 18.6 Å². The van der Waals surface area contributed by atoms with Gasteiger partial charge in [-0.3, -0.25) is 4.79 Å². The lowest BCUT2D eigenvalue weighted by Gasteiger charge is -2.30. The fourth-order valence-corrected chi connectivity index (χ4v) is 1.95. The molecule has 0 spiro atoms. The van der Waals surface area contributed by atoms with E-state index in [1.165, 1.54) is 0 Å². The summed E-state index contributed by atoms with van der Waals surface area (Å²) in [6, 6.07) is 0. The molecule has 0 aromatic rings. The lowest BCUT2D eigenvalue weighted by atomic mass is 9.76. The zero-order valence-electron chi connectivity index (χ0n) is 12.2. The summed E-state index contributed by atoms with van der Waals surface area (Å²) < 4.78 is 5.18. The molecule has 0 fully saturated rings. The van der Waals surface area contributed by atoms with Crippen molar-refractivity contribution in [3.63, 3.8) is 0 Å². The van der Waals surface area contributed by atoms with Crippen molar-refractivity contribution < 1.29 is 19.1 Å². The Labute approximate surface area is 115 Å². The van der Waals surface area contributed by atoms with Crippen LogP contribution in [0.25, 0.3) is 0 Å². The van der Waals surface area contributed by atoms with E-state index in [0.717, 1.165) is 24.8 Å². The topological polar surface area (TPSA) is 60.4 Å². The Morgan fingerprint density at radius 2 is 1.89 bits per heavy atom. The molecule has 0 aromatic heterocycles. The molecule has 0 saturated carbocycles. The average molecular weight is 268 g/mol. The van der Waals surface area contributed by atoms with E-state index in [9.17, 15) is 4.79 Å². The molecule has 0 N–H and O–H groups in total. The Bertz CT molecular complexity index is 327. The lowest BCUT2D eigenvalue weighted by molar-refractivity contribution is -0.191. The van der Waals surface area contributed by atoms with Crippen molar-refractivity contribution >= 4 is 12.1 Å². The third-order valence-corrected chi connectivity index (χ3v) is 2.85. The second-order valence-corrected chi connectivity index (χ2v) is 4.40. The Morgan fingerprint density at radius 3 is 2.21 bits per heavy atom. The van der Waals surface area contributed by atoms with E-state index < -0.39 is 5.41 Å². The molecule has 0 aliphatic carbocycles. The monoisotopic (exact) mass is 268 g/mol. The van der Waals surface area contributed by atoms with Gasteiger partial charge in [0.25, 0.3) is 0 Å². The van der Waals surface area contributed by atoms with Gasteiger partial charge in [0.15, 0.2) is 0 Å². The van der Waals surface area contributed by atoms with Crippen LogP contribution in [0.1, 0.15) is 46.5 Å². The van der Waals surface area contributed by atoms with Gasteiger partial charge in [-0.2, -0.15) is 9.59 Å². The van der Waals surface area contributed by atoms with Crippen LogP contribution in [0, 0.1) is 5.41 Å². The maximum Gasteiger partial charge on any atom is 0.373 e. The van der Waals surface area contributed by atoms with E-state index in [0.29, 0.717) is 13.0 Å². The van der Waals surface area contributed by atoms with E-state index in [1.807, 2.05) is 26.8 Å². The van der Waals surface area contributed by atoms with Crippen LogP contribution in [0.5, 0.6) is 0 Å². The molecule has 0 radical (unpaired) electrons. The molecule has 0 amide bonds. The smallest absolute Gasteiger partial charge is 0.373 e. The molecule has 0 aliphatic heterocycles. The van der Waals surface area contributed by atoms with Gasteiger partial charge in [-0.05, 0) is 39.5 Å². The van der Waals surface area contributed by atoms with Crippen LogP contribution in [0.3, 0.4) is 0 Å². The molecule has 1 unspecified atom stereocenters. The van der Waals surface area contributed by atoms with E-state index in [2.05, 4.69) is 13.2 Å². The van der Waals surface area contributed by atoms with Gasteiger partial charge >= 0.3 is 12.1 Å². The van der Waals surface area contributed by atoms with E-state index >= 15 is 0 Å². The molecule has 4 nitrogen and oxygen atoms in total. The number of hydrogen-bond acceptors (Lipinski definition) is 4. The standard InChI is InChI=1S/C14H24O2.CO2/c1-6-9-10-14(7-2,11-12(4)5)13(15)16-8-3;2-1-3/h6H,1,4,7-11H2,2-3,5H3;. The Morgan fingerprint density at radius 1 is 1.37 bits per heavy atom. The van der Waals surface area contributed by atoms with Crippen molar-refractivity contribution in [2.75, 3.05) is 6.61 Å². The largest absolute Gasteiger partial charge is 0.466 e. The summed E-state index contributed by atoms with van der Waals surface area (Å²) in [4.78, 5) is 28.3. The van der Waals surface area contributed by atoms with Crippen LogP contribution in [-0.2, 0) is 19.1 Å². The molecule has 0 aliphatic rings. The Hall–Kier alpha value is -1.67. The summed E-state index contributed by atoms with van der Waals surface area (Å²) in [5.74, 6) is -0.0950. The van der Waals surface area contributed by atoms with Gasteiger partial charge in [0.1, 0.15) is 0 Å². The SMILES string of the molecule is C=CCCC(CC)(CC(=C)C)C(=O)OCC.O=C=O. The van der Waals surface area contributed by atoms with Crippen molar-refractivity contribution in [3.05, 3.63) is 24.8 Å². The summed E-state index contributed by atoms with van der Waals surface area (Å²) in [6.45, 7) is 13.9. The highest BCUT2D eigenvalue weighted by Gasteiger charge is 2.37.